The van der Waals surface area contributed by atoms with Gasteiger partial charge in [0.05, 0.1) is 5.69 Å². The lowest BCUT2D eigenvalue weighted by Crippen LogP contribution is -2.14. The molecule has 3 nitrogen and oxygen atoms in total. The molecule has 1 amide bonds. The normalized spacial score (nSPS) is 18.3. The Hall–Kier alpha value is -1.48. The van der Waals surface area contributed by atoms with Crippen LogP contribution in [0.25, 0.3) is 0 Å². The summed E-state index contributed by atoms with van der Waals surface area (Å²) in [6.07, 6.45) is 6.67. The molecule has 0 saturated heterocycles. The zero-order valence-corrected chi connectivity index (χ0v) is 10.1. The Morgan fingerprint density at radius 2 is 2.35 bits per heavy atom. The summed E-state index contributed by atoms with van der Waals surface area (Å²) in [4.78, 5) is 11.7. The van der Waals surface area contributed by atoms with E-state index in [1.54, 1.807) is 12.1 Å². The van der Waals surface area contributed by atoms with E-state index in [0.717, 1.165) is 12.8 Å². The number of phenolic OH excluding ortho intramolecular Hbond substituents is 1. The van der Waals surface area contributed by atoms with Crippen molar-refractivity contribution in [3.05, 3.63) is 35.4 Å². The van der Waals surface area contributed by atoms with E-state index >= 15 is 0 Å². The first-order chi connectivity index (χ1) is 8.15. The summed E-state index contributed by atoms with van der Waals surface area (Å²) < 4.78 is 0. The van der Waals surface area contributed by atoms with Crippen LogP contribution in [0.3, 0.4) is 0 Å². The molecular formula is C13H14ClNO2. The van der Waals surface area contributed by atoms with Gasteiger partial charge in [-0.25, -0.2) is 0 Å². The van der Waals surface area contributed by atoms with Crippen molar-refractivity contribution in [3.8, 4) is 5.75 Å². The van der Waals surface area contributed by atoms with Crippen LogP contribution in [-0.4, -0.2) is 11.0 Å². The second-order valence-corrected chi connectivity index (χ2v) is 4.62. The van der Waals surface area contributed by atoms with Crippen LogP contribution < -0.4 is 5.32 Å². The minimum atomic E-state index is -0.0980. The molecular weight excluding hydrogens is 238 g/mol. The monoisotopic (exact) mass is 251 g/mol. The number of rotatable bonds is 3. The van der Waals surface area contributed by atoms with Gasteiger partial charge < -0.3 is 10.4 Å². The second-order valence-electron chi connectivity index (χ2n) is 4.18. The molecule has 0 saturated carbocycles. The van der Waals surface area contributed by atoms with Crippen molar-refractivity contribution < 1.29 is 9.90 Å². The molecule has 0 aliphatic heterocycles. The van der Waals surface area contributed by atoms with Crippen LogP contribution in [0.5, 0.6) is 5.75 Å². The lowest BCUT2D eigenvalue weighted by Gasteiger charge is -2.10. The number of nitrogens with one attached hydrogen (secondary N) is 1. The van der Waals surface area contributed by atoms with Crippen molar-refractivity contribution in [2.45, 2.75) is 19.3 Å². The highest BCUT2D eigenvalue weighted by molar-refractivity contribution is 6.31. The molecule has 1 aliphatic rings. The number of benzene rings is 1. The molecule has 1 unspecified atom stereocenters. The van der Waals surface area contributed by atoms with E-state index in [4.69, 9.17) is 11.6 Å². The van der Waals surface area contributed by atoms with Gasteiger partial charge in [0.1, 0.15) is 5.75 Å². The number of aromatic hydroxyl groups is 1. The molecule has 1 atom stereocenters. The number of phenols is 1. The summed E-state index contributed by atoms with van der Waals surface area (Å²) in [5, 5.41) is 12.7. The maximum absolute atomic E-state index is 11.7. The number of carbonyl (C=O) groups is 1. The lowest BCUT2D eigenvalue weighted by atomic mass is 10.1. The van der Waals surface area contributed by atoms with E-state index in [1.807, 2.05) is 0 Å². The Kier molecular flexibility index (Phi) is 3.69. The highest BCUT2D eigenvalue weighted by atomic mass is 35.5. The van der Waals surface area contributed by atoms with E-state index in [0.29, 0.717) is 23.0 Å². The first-order valence-corrected chi connectivity index (χ1v) is 5.98. The lowest BCUT2D eigenvalue weighted by molar-refractivity contribution is -0.116. The number of allylic oxidation sites excluding steroid dienone is 2. The molecule has 0 spiro atoms. The van der Waals surface area contributed by atoms with Crippen molar-refractivity contribution in [3.63, 3.8) is 0 Å². The van der Waals surface area contributed by atoms with Gasteiger partial charge in [-0.15, -0.1) is 0 Å². The third-order valence-electron chi connectivity index (χ3n) is 2.79. The van der Waals surface area contributed by atoms with Gasteiger partial charge in [0.15, 0.2) is 0 Å². The molecule has 1 aromatic carbocycles. The number of halogens is 1. The van der Waals surface area contributed by atoms with E-state index in [-0.39, 0.29) is 11.7 Å². The molecule has 90 valence electrons. The summed E-state index contributed by atoms with van der Waals surface area (Å²) in [7, 11) is 0. The predicted molar refractivity (Wildman–Crippen MR) is 68.2 cm³/mol. The van der Waals surface area contributed by atoms with E-state index in [1.165, 1.54) is 6.07 Å². The van der Waals surface area contributed by atoms with Gasteiger partial charge in [-0.2, -0.15) is 0 Å². The van der Waals surface area contributed by atoms with Crippen LogP contribution in [0.1, 0.15) is 19.3 Å². The van der Waals surface area contributed by atoms with Gasteiger partial charge in [-0.3, -0.25) is 4.79 Å². The highest BCUT2D eigenvalue weighted by Crippen LogP contribution is 2.27. The van der Waals surface area contributed by atoms with Crippen LogP contribution in [0.4, 0.5) is 5.69 Å². The van der Waals surface area contributed by atoms with Gasteiger partial charge in [0.25, 0.3) is 0 Å². The van der Waals surface area contributed by atoms with Crippen LogP contribution in [0.2, 0.25) is 5.02 Å². The minimum absolute atomic E-state index is 0.0321. The topological polar surface area (TPSA) is 49.3 Å². The van der Waals surface area contributed by atoms with Crippen molar-refractivity contribution in [1.29, 1.82) is 0 Å². The molecule has 2 rings (SSSR count). The van der Waals surface area contributed by atoms with Gasteiger partial charge in [-0.05, 0) is 37.0 Å². The fraction of sp³-hybridized carbons (Fsp3) is 0.308. The zero-order chi connectivity index (χ0) is 12.3. The van der Waals surface area contributed by atoms with Crippen LogP contribution >= 0.6 is 11.6 Å². The molecule has 1 aliphatic carbocycles. The molecule has 4 heteroatoms. The fourth-order valence-corrected chi connectivity index (χ4v) is 2.09. The molecule has 0 heterocycles. The summed E-state index contributed by atoms with van der Waals surface area (Å²) in [5.41, 5.74) is 0.365. The molecule has 17 heavy (non-hydrogen) atoms. The zero-order valence-electron chi connectivity index (χ0n) is 9.32. The maximum atomic E-state index is 11.7. The molecule has 2 N–H and O–H groups in total. The van der Waals surface area contributed by atoms with Gasteiger partial charge in [0, 0.05) is 11.4 Å². The van der Waals surface area contributed by atoms with E-state index < -0.39 is 0 Å². The Labute approximate surface area is 105 Å². The van der Waals surface area contributed by atoms with Gasteiger partial charge in [0.2, 0.25) is 5.91 Å². The average Bonchev–Trinajstić information content (AvgIpc) is 2.76. The number of amides is 1. The molecule has 0 fully saturated rings. The highest BCUT2D eigenvalue weighted by Gasteiger charge is 2.15. The summed E-state index contributed by atoms with van der Waals surface area (Å²) >= 11 is 5.80. The largest absolute Gasteiger partial charge is 0.506 e. The Balaban J connectivity index is 1.97. The number of carbonyl (C=O) groups excluding carboxylic acids is 1. The molecule has 0 radical (unpaired) electrons. The standard InChI is InChI=1S/C13H14ClNO2/c14-10-5-6-12(16)11(8-10)15-13(17)7-9-3-1-2-4-9/h1,3,5-6,8-9,16H,2,4,7H2,(H,15,17). The molecule has 0 aromatic heterocycles. The Bertz CT molecular complexity index is 457. The SMILES string of the molecule is O=C(CC1C=CCC1)Nc1cc(Cl)ccc1O. The van der Waals surface area contributed by atoms with Crippen LogP contribution in [0, 0.1) is 5.92 Å². The first-order valence-electron chi connectivity index (χ1n) is 5.60. The molecule has 0 bridgehead atoms. The van der Waals surface area contributed by atoms with Crippen molar-refractivity contribution in [2.75, 3.05) is 5.32 Å². The first kappa shape index (κ1) is 12.0. The average molecular weight is 252 g/mol. The van der Waals surface area contributed by atoms with E-state index in [9.17, 15) is 9.90 Å². The predicted octanol–water partition coefficient (Wildman–Crippen LogP) is 3.34. The summed E-state index contributed by atoms with van der Waals surface area (Å²) in [5.74, 6) is 0.250. The Morgan fingerprint density at radius 3 is 3.06 bits per heavy atom. The van der Waals surface area contributed by atoms with Gasteiger partial charge >= 0.3 is 0 Å². The van der Waals surface area contributed by atoms with Crippen molar-refractivity contribution in [2.24, 2.45) is 5.92 Å². The number of anilines is 1. The van der Waals surface area contributed by atoms with E-state index in [2.05, 4.69) is 17.5 Å². The number of hydrogen-bond acceptors (Lipinski definition) is 2. The molecule has 1 aromatic rings. The third-order valence-corrected chi connectivity index (χ3v) is 3.03. The van der Waals surface area contributed by atoms with Gasteiger partial charge in [-0.1, -0.05) is 23.8 Å². The fourth-order valence-electron chi connectivity index (χ4n) is 1.91. The quantitative estimate of drug-likeness (QED) is 0.639. The van der Waals surface area contributed by atoms with Crippen molar-refractivity contribution in [1.82, 2.24) is 0 Å². The maximum Gasteiger partial charge on any atom is 0.225 e. The summed E-state index contributed by atoms with van der Waals surface area (Å²) in [6, 6.07) is 4.58. The van der Waals surface area contributed by atoms with Crippen LogP contribution in [0.15, 0.2) is 30.4 Å². The number of hydrogen-bond donors (Lipinski definition) is 2. The summed E-state index contributed by atoms with van der Waals surface area (Å²) in [6.45, 7) is 0. The van der Waals surface area contributed by atoms with Crippen molar-refractivity contribution >= 4 is 23.2 Å². The second kappa shape index (κ2) is 5.23. The smallest absolute Gasteiger partial charge is 0.225 e. The minimum Gasteiger partial charge on any atom is -0.506 e. The van der Waals surface area contributed by atoms with Crippen LogP contribution in [-0.2, 0) is 4.79 Å². The third kappa shape index (κ3) is 3.24. The Morgan fingerprint density at radius 1 is 1.53 bits per heavy atom.